The third-order valence-electron chi connectivity index (χ3n) is 7.41. The number of hydrogen-bond donors (Lipinski definition) is 2. The number of rotatable bonds is 9. The van der Waals surface area contributed by atoms with E-state index in [-0.39, 0.29) is 11.4 Å². The second-order valence-electron chi connectivity index (χ2n) is 10.6. The van der Waals surface area contributed by atoms with Crippen molar-refractivity contribution in [2.24, 2.45) is 5.73 Å². The van der Waals surface area contributed by atoms with Gasteiger partial charge in [-0.2, -0.15) is 5.10 Å². The summed E-state index contributed by atoms with van der Waals surface area (Å²) in [7, 11) is 3.73. The van der Waals surface area contributed by atoms with Gasteiger partial charge < -0.3 is 20.7 Å². The normalized spacial score (nSPS) is 13.9. The summed E-state index contributed by atoms with van der Waals surface area (Å²) in [6.07, 6.45) is 6.74. The minimum absolute atomic E-state index is 0.281. The summed E-state index contributed by atoms with van der Waals surface area (Å²) in [5.41, 5.74) is 10.5. The first-order valence-corrected chi connectivity index (χ1v) is 14.1. The molecular weight excluding hydrogens is 547 g/mol. The molecule has 3 heterocycles. The molecule has 0 atom stereocenters. The molecule has 1 saturated heterocycles. The number of nitrogens with one attached hydrogen (secondary N) is 1. The van der Waals surface area contributed by atoms with Crippen LogP contribution in [-0.2, 0) is 17.8 Å². The number of aromatic nitrogens is 4. The number of hydrogen-bond acceptors (Lipinski definition) is 8. The maximum Gasteiger partial charge on any atom is 0.249 e. The molecule has 0 spiro atoms. The molecule has 2 aromatic heterocycles. The fraction of sp³-hybridized carbons (Fsp3) is 0.312. The van der Waals surface area contributed by atoms with Crippen molar-refractivity contribution in [3.63, 3.8) is 0 Å². The molecule has 222 valence electrons. The SMILES string of the molecule is COCCn1cc(Nc2ncc(C#Cc3c(C)ccc(C(N)=O)c3-c3ccc(CN4CCN(C)CC4)c(F)c3)cn2)cn1. The van der Waals surface area contributed by atoms with E-state index < -0.39 is 5.91 Å². The first-order valence-electron chi connectivity index (χ1n) is 14.1. The monoisotopic (exact) mass is 582 g/mol. The Labute approximate surface area is 250 Å². The quantitative estimate of drug-likeness (QED) is 0.289. The standard InChI is InChI=1S/C32H35FN8O2/c1-22-4-8-28(31(34)42)30(24-6-7-25(29(33)16-24)20-40-12-10-39(2)11-13-40)27(22)9-5-23-17-35-32(36-18-23)38-26-19-37-41(21-26)14-15-43-3/h4,6-8,16-19,21H,10-15,20H2,1-3H3,(H2,34,42)(H,35,36,38). The average Bonchev–Trinajstić information content (AvgIpc) is 3.45. The molecule has 0 aliphatic carbocycles. The van der Waals surface area contributed by atoms with Crippen molar-refractivity contribution < 1.29 is 13.9 Å². The van der Waals surface area contributed by atoms with E-state index in [2.05, 4.69) is 49.1 Å². The summed E-state index contributed by atoms with van der Waals surface area (Å²) < 4.78 is 22.3. The number of carbonyl (C=O) groups excluding carboxylic acids is 1. The first-order chi connectivity index (χ1) is 20.8. The van der Waals surface area contributed by atoms with Crippen LogP contribution in [0, 0.1) is 24.6 Å². The molecule has 0 saturated carbocycles. The van der Waals surface area contributed by atoms with Gasteiger partial charge in [0.05, 0.1) is 30.6 Å². The van der Waals surface area contributed by atoms with Crippen LogP contribution in [0.5, 0.6) is 0 Å². The zero-order valence-corrected chi connectivity index (χ0v) is 24.6. The Morgan fingerprint density at radius 3 is 2.56 bits per heavy atom. The van der Waals surface area contributed by atoms with Crippen LogP contribution in [0.3, 0.4) is 0 Å². The summed E-state index contributed by atoms with van der Waals surface area (Å²) in [5, 5.41) is 7.38. The summed E-state index contributed by atoms with van der Waals surface area (Å²) in [5.74, 6) is 5.73. The second-order valence-corrected chi connectivity index (χ2v) is 10.6. The minimum Gasteiger partial charge on any atom is -0.383 e. The zero-order chi connectivity index (χ0) is 30.3. The molecule has 10 nitrogen and oxygen atoms in total. The fourth-order valence-electron chi connectivity index (χ4n) is 4.91. The Balaban J connectivity index is 1.39. The van der Waals surface area contributed by atoms with Crippen molar-refractivity contribution in [3.05, 3.63) is 88.8 Å². The molecule has 1 aliphatic heterocycles. The van der Waals surface area contributed by atoms with Crippen molar-refractivity contribution in [1.29, 1.82) is 0 Å². The number of benzene rings is 2. The molecule has 5 rings (SSSR count). The van der Waals surface area contributed by atoms with Gasteiger partial charge in [0.1, 0.15) is 5.82 Å². The van der Waals surface area contributed by atoms with Gasteiger partial charge in [0.2, 0.25) is 11.9 Å². The van der Waals surface area contributed by atoms with Crippen LogP contribution in [0.15, 0.2) is 55.1 Å². The third kappa shape index (κ3) is 7.42. The van der Waals surface area contributed by atoms with E-state index in [1.54, 1.807) is 48.6 Å². The lowest BCUT2D eigenvalue weighted by Crippen LogP contribution is -2.44. The van der Waals surface area contributed by atoms with Crippen LogP contribution in [-0.4, -0.2) is 82.4 Å². The van der Waals surface area contributed by atoms with Crippen molar-refractivity contribution >= 4 is 17.5 Å². The summed E-state index contributed by atoms with van der Waals surface area (Å²) in [6, 6.07) is 8.55. The zero-order valence-electron chi connectivity index (χ0n) is 24.6. The van der Waals surface area contributed by atoms with E-state index in [0.717, 1.165) is 37.4 Å². The summed E-state index contributed by atoms with van der Waals surface area (Å²) in [6.45, 7) is 7.32. The molecule has 43 heavy (non-hydrogen) atoms. The number of amides is 1. The van der Waals surface area contributed by atoms with Crippen LogP contribution < -0.4 is 11.1 Å². The van der Waals surface area contributed by atoms with Crippen LogP contribution in [0.2, 0.25) is 0 Å². The number of aryl methyl sites for hydroxylation is 1. The number of halogens is 1. The highest BCUT2D eigenvalue weighted by Crippen LogP contribution is 2.31. The Bertz CT molecular complexity index is 1650. The van der Waals surface area contributed by atoms with Gasteiger partial charge in [-0.15, -0.1) is 0 Å². The Morgan fingerprint density at radius 2 is 1.86 bits per heavy atom. The summed E-state index contributed by atoms with van der Waals surface area (Å²) >= 11 is 0. The minimum atomic E-state index is -0.607. The van der Waals surface area contributed by atoms with Gasteiger partial charge >= 0.3 is 0 Å². The van der Waals surface area contributed by atoms with Crippen molar-refractivity contribution in [2.75, 3.05) is 52.3 Å². The molecule has 1 amide bonds. The van der Waals surface area contributed by atoms with Crippen molar-refractivity contribution in [1.82, 2.24) is 29.5 Å². The highest BCUT2D eigenvalue weighted by molar-refractivity contribution is 6.01. The molecule has 3 N–H and O–H groups in total. The van der Waals surface area contributed by atoms with Crippen LogP contribution in [0.25, 0.3) is 11.1 Å². The van der Waals surface area contributed by atoms with Crippen LogP contribution in [0.4, 0.5) is 16.0 Å². The van der Waals surface area contributed by atoms with Gasteiger partial charge in [0.15, 0.2) is 0 Å². The number of piperazine rings is 1. The molecule has 1 aliphatic rings. The van der Waals surface area contributed by atoms with Crippen LogP contribution >= 0.6 is 0 Å². The average molecular weight is 583 g/mol. The van der Waals surface area contributed by atoms with Crippen molar-refractivity contribution in [3.8, 4) is 23.0 Å². The second kappa shape index (κ2) is 13.6. The number of anilines is 2. The topological polar surface area (TPSA) is 114 Å². The third-order valence-corrected chi connectivity index (χ3v) is 7.41. The molecule has 4 aromatic rings. The van der Waals surface area contributed by atoms with Crippen LogP contribution in [0.1, 0.15) is 32.6 Å². The van der Waals surface area contributed by atoms with E-state index >= 15 is 4.39 Å². The lowest BCUT2D eigenvalue weighted by molar-refractivity contribution is 0.100. The Hall–Kier alpha value is -4.63. The molecule has 0 unspecified atom stereocenters. The highest BCUT2D eigenvalue weighted by atomic mass is 19.1. The molecular formula is C32H35FN8O2. The molecule has 0 radical (unpaired) electrons. The van der Waals surface area contributed by atoms with Crippen molar-refractivity contribution in [2.45, 2.75) is 20.0 Å². The van der Waals surface area contributed by atoms with E-state index in [1.165, 1.54) is 6.07 Å². The number of nitrogens with zero attached hydrogens (tertiary/aromatic N) is 6. The molecule has 11 heteroatoms. The number of carbonyl (C=O) groups is 1. The maximum atomic E-state index is 15.4. The van der Waals surface area contributed by atoms with Gasteiger partial charge in [0, 0.05) is 80.7 Å². The van der Waals surface area contributed by atoms with Gasteiger partial charge in [0.25, 0.3) is 0 Å². The van der Waals surface area contributed by atoms with Gasteiger partial charge in [-0.3, -0.25) is 14.4 Å². The summed E-state index contributed by atoms with van der Waals surface area (Å²) in [4.78, 5) is 25.7. The van der Waals surface area contributed by atoms with E-state index in [1.807, 2.05) is 19.2 Å². The van der Waals surface area contributed by atoms with Gasteiger partial charge in [-0.25, -0.2) is 14.4 Å². The fourth-order valence-corrected chi connectivity index (χ4v) is 4.91. The number of ether oxygens (including phenoxy) is 1. The number of methoxy groups -OCH3 is 1. The Kier molecular flexibility index (Phi) is 9.41. The smallest absolute Gasteiger partial charge is 0.249 e. The number of likely N-dealkylation sites (N-methyl/N-ethyl adjacent to an activating group) is 1. The Morgan fingerprint density at radius 1 is 1.09 bits per heavy atom. The number of nitrogens with two attached hydrogens (primary N) is 1. The maximum absolute atomic E-state index is 15.4. The van der Waals surface area contributed by atoms with E-state index in [4.69, 9.17) is 10.5 Å². The molecule has 2 aromatic carbocycles. The van der Waals surface area contributed by atoms with E-state index in [0.29, 0.717) is 53.5 Å². The van der Waals surface area contributed by atoms with E-state index in [9.17, 15) is 4.79 Å². The predicted molar refractivity (Wildman–Crippen MR) is 163 cm³/mol. The number of primary amides is 1. The lowest BCUT2D eigenvalue weighted by Gasteiger charge is -2.32. The molecule has 0 bridgehead atoms. The van der Waals surface area contributed by atoms with Gasteiger partial charge in [-0.1, -0.05) is 30.0 Å². The highest BCUT2D eigenvalue weighted by Gasteiger charge is 2.19. The molecule has 1 fully saturated rings. The van der Waals surface area contributed by atoms with Gasteiger partial charge in [-0.05, 0) is 37.2 Å². The first kappa shape index (κ1) is 29.8. The lowest BCUT2D eigenvalue weighted by atomic mass is 9.90. The largest absolute Gasteiger partial charge is 0.383 e. The predicted octanol–water partition coefficient (Wildman–Crippen LogP) is 3.42.